The second-order valence-electron chi connectivity index (χ2n) is 9.41. The van der Waals surface area contributed by atoms with Crippen molar-refractivity contribution in [2.24, 2.45) is 0 Å². The zero-order valence-corrected chi connectivity index (χ0v) is 22.5. The molecule has 0 spiro atoms. The first-order chi connectivity index (χ1) is 18.6. The first kappa shape index (κ1) is 29.1. The summed E-state index contributed by atoms with van der Waals surface area (Å²) in [5.41, 5.74) is 3.71. The number of benzene rings is 3. The zero-order valence-electron chi connectivity index (χ0n) is 22.5. The minimum absolute atomic E-state index is 0.221. The molecule has 38 heavy (non-hydrogen) atoms. The number of nitrogens with one attached hydrogen (secondary N) is 3. The fraction of sp³-hybridized carbons (Fsp3) is 0.375. The molecule has 2 aliphatic heterocycles. The molecule has 4 atom stereocenters. The minimum Gasteiger partial charge on any atom is -0.480 e. The van der Waals surface area contributed by atoms with E-state index >= 15 is 0 Å². The number of amides is 1. The summed E-state index contributed by atoms with van der Waals surface area (Å²) in [6.45, 7) is 4.81. The second-order valence-corrected chi connectivity index (χ2v) is 9.41. The maximum absolute atomic E-state index is 11.9. The highest BCUT2D eigenvalue weighted by atomic mass is 16.4. The van der Waals surface area contributed by atoms with Crippen molar-refractivity contribution >= 4 is 11.9 Å². The molecule has 0 radical (unpaired) electrons. The van der Waals surface area contributed by atoms with Gasteiger partial charge in [0, 0.05) is 18.5 Å². The average molecular weight is 516 g/mol. The van der Waals surface area contributed by atoms with Crippen molar-refractivity contribution in [1.29, 1.82) is 0 Å². The third-order valence-corrected chi connectivity index (χ3v) is 6.82. The Kier molecular flexibility index (Phi) is 12.0. The molecule has 0 aromatic heterocycles. The second kappa shape index (κ2) is 15.7. The van der Waals surface area contributed by atoms with Crippen molar-refractivity contribution in [1.82, 2.24) is 16.0 Å². The lowest BCUT2D eigenvalue weighted by atomic mass is 10.0. The molecule has 2 saturated heterocycles. The van der Waals surface area contributed by atoms with Gasteiger partial charge in [0.25, 0.3) is 0 Å². The molecule has 0 saturated carbocycles. The van der Waals surface area contributed by atoms with E-state index in [0.717, 1.165) is 24.9 Å². The molecule has 3 aromatic carbocycles. The van der Waals surface area contributed by atoms with Crippen molar-refractivity contribution in [2.45, 2.75) is 70.1 Å². The van der Waals surface area contributed by atoms with Crippen LogP contribution in [-0.4, -0.2) is 35.6 Å². The molecule has 6 nitrogen and oxygen atoms in total. The molecule has 2 fully saturated rings. The highest BCUT2D eigenvalue weighted by molar-refractivity contribution is 5.87. The predicted octanol–water partition coefficient (Wildman–Crippen LogP) is 5.43. The summed E-state index contributed by atoms with van der Waals surface area (Å²) < 4.78 is 0. The summed E-state index contributed by atoms with van der Waals surface area (Å²) in [5.74, 6) is -1.23. The Morgan fingerprint density at radius 3 is 1.76 bits per heavy atom. The third-order valence-electron chi connectivity index (χ3n) is 6.82. The van der Waals surface area contributed by atoms with Crippen molar-refractivity contribution in [3.05, 3.63) is 108 Å². The van der Waals surface area contributed by atoms with Crippen LogP contribution in [0.3, 0.4) is 0 Å². The first-order valence-corrected chi connectivity index (χ1v) is 13.8. The standard InChI is InChI=1S/C16H17N.C14H18N2O3.C2H6/c1-3-7-13(8-4-1)15-11-12-16(17-15)14-9-5-2-6-10-14;17-13(11-7-4-8-15-11)16-12(14(18)19)9-10-5-2-1-3-6-10;1-2/h1-10,15-17H,11-12H2;1-3,5-6,11-12,15H,4,7-9H2,(H,16,17)(H,18,19);1-2H3/t15-,16-;11-,12-;/m10./s1. The van der Waals surface area contributed by atoms with Gasteiger partial charge < -0.3 is 21.1 Å². The lowest BCUT2D eigenvalue weighted by Gasteiger charge is -2.17. The van der Waals surface area contributed by atoms with Gasteiger partial charge in [-0.05, 0) is 48.9 Å². The maximum Gasteiger partial charge on any atom is 0.326 e. The maximum atomic E-state index is 11.9. The van der Waals surface area contributed by atoms with Gasteiger partial charge >= 0.3 is 5.97 Å². The molecule has 202 valence electrons. The van der Waals surface area contributed by atoms with E-state index < -0.39 is 12.0 Å². The molecule has 0 unspecified atom stereocenters. The molecule has 0 aliphatic carbocycles. The van der Waals surface area contributed by atoms with Crippen LogP contribution in [0.15, 0.2) is 91.0 Å². The van der Waals surface area contributed by atoms with E-state index in [4.69, 9.17) is 0 Å². The van der Waals surface area contributed by atoms with Crippen LogP contribution in [0, 0.1) is 0 Å². The molecule has 0 bridgehead atoms. The summed E-state index contributed by atoms with van der Waals surface area (Å²) in [6.07, 6.45) is 4.47. The van der Waals surface area contributed by atoms with Crippen LogP contribution >= 0.6 is 0 Å². The van der Waals surface area contributed by atoms with Crippen molar-refractivity contribution in [2.75, 3.05) is 6.54 Å². The number of rotatable bonds is 7. The molecule has 2 heterocycles. The Hall–Kier alpha value is -3.48. The van der Waals surface area contributed by atoms with Crippen LogP contribution in [0.5, 0.6) is 0 Å². The molecule has 2 aliphatic rings. The molecule has 1 amide bonds. The van der Waals surface area contributed by atoms with Gasteiger partial charge in [-0.1, -0.05) is 105 Å². The molecule has 5 rings (SSSR count). The fourth-order valence-corrected chi connectivity index (χ4v) is 4.87. The Morgan fingerprint density at radius 2 is 1.32 bits per heavy atom. The highest BCUT2D eigenvalue weighted by Crippen LogP contribution is 2.34. The number of hydrogen-bond donors (Lipinski definition) is 4. The molecule has 4 N–H and O–H groups in total. The van der Waals surface area contributed by atoms with Gasteiger partial charge in [0.05, 0.1) is 6.04 Å². The summed E-state index contributed by atoms with van der Waals surface area (Å²) in [6, 6.07) is 30.7. The zero-order chi connectivity index (χ0) is 27.2. The largest absolute Gasteiger partial charge is 0.480 e. The quantitative estimate of drug-likeness (QED) is 0.337. The van der Waals surface area contributed by atoms with E-state index in [-0.39, 0.29) is 11.9 Å². The number of hydrogen-bond acceptors (Lipinski definition) is 4. The Morgan fingerprint density at radius 1 is 0.816 bits per heavy atom. The third kappa shape index (κ3) is 8.82. The monoisotopic (exact) mass is 515 g/mol. The Bertz CT molecular complexity index is 1040. The van der Waals surface area contributed by atoms with Gasteiger partial charge in [0.15, 0.2) is 0 Å². The van der Waals surface area contributed by atoms with E-state index in [0.29, 0.717) is 18.5 Å². The number of carboxylic acids is 1. The molecule has 6 heteroatoms. The Labute approximate surface area is 226 Å². The van der Waals surface area contributed by atoms with Crippen molar-refractivity contribution in [3.8, 4) is 0 Å². The van der Waals surface area contributed by atoms with Gasteiger partial charge in [-0.15, -0.1) is 0 Å². The van der Waals surface area contributed by atoms with E-state index in [9.17, 15) is 14.7 Å². The van der Waals surface area contributed by atoms with Gasteiger partial charge in [0.1, 0.15) is 6.04 Å². The van der Waals surface area contributed by atoms with Crippen molar-refractivity contribution < 1.29 is 14.7 Å². The number of carbonyl (C=O) groups excluding carboxylic acids is 1. The minimum atomic E-state index is -1.00. The van der Waals surface area contributed by atoms with Crippen LogP contribution in [0.25, 0.3) is 0 Å². The molecular weight excluding hydrogens is 474 g/mol. The van der Waals surface area contributed by atoms with E-state index in [1.165, 1.54) is 24.0 Å². The van der Waals surface area contributed by atoms with Crippen LogP contribution in [0.2, 0.25) is 0 Å². The first-order valence-electron chi connectivity index (χ1n) is 13.8. The predicted molar refractivity (Wildman–Crippen MR) is 153 cm³/mol. The summed E-state index contributed by atoms with van der Waals surface area (Å²) >= 11 is 0. The SMILES string of the molecule is CC.O=C(O)[C@H](Cc1ccccc1)NC(=O)[C@@H]1CCCN1.c1ccc([C@H]2CC[C@H](c3ccccc3)N2)cc1. The van der Waals surface area contributed by atoms with Crippen LogP contribution in [-0.2, 0) is 16.0 Å². The lowest BCUT2D eigenvalue weighted by molar-refractivity contribution is -0.142. The van der Waals surface area contributed by atoms with E-state index in [1.807, 2.05) is 44.2 Å². The van der Waals surface area contributed by atoms with Crippen LogP contribution in [0.4, 0.5) is 0 Å². The number of carboxylic acid groups (broad SMARTS) is 1. The summed E-state index contributed by atoms with van der Waals surface area (Å²) in [4.78, 5) is 23.1. The smallest absolute Gasteiger partial charge is 0.326 e. The van der Waals surface area contributed by atoms with Crippen LogP contribution < -0.4 is 16.0 Å². The van der Waals surface area contributed by atoms with Gasteiger partial charge in [-0.3, -0.25) is 4.79 Å². The topological polar surface area (TPSA) is 90.5 Å². The molecule has 3 aromatic rings. The Balaban J connectivity index is 0.000000199. The number of aliphatic carboxylic acids is 1. The number of carbonyl (C=O) groups is 2. The molecular formula is C32H41N3O3. The lowest BCUT2D eigenvalue weighted by Crippen LogP contribution is -2.49. The van der Waals surface area contributed by atoms with Gasteiger partial charge in [-0.2, -0.15) is 0 Å². The van der Waals surface area contributed by atoms with Gasteiger partial charge in [0.2, 0.25) is 5.91 Å². The van der Waals surface area contributed by atoms with E-state index in [1.54, 1.807) is 0 Å². The summed E-state index contributed by atoms with van der Waals surface area (Å²) in [5, 5.41) is 18.6. The fourth-order valence-electron chi connectivity index (χ4n) is 4.87. The normalized spacial score (nSPS) is 20.7. The average Bonchev–Trinajstić information content (AvgIpc) is 3.69. The highest BCUT2D eigenvalue weighted by Gasteiger charge is 2.27. The van der Waals surface area contributed by atoms with Gasteiger partial charge in [-0.25, -0.2) is 4.79 Å². The van der Waals surface area contributed by atoms with Crippen molar-refractivity contribution in [3.63, 3.8) is 0 Å². The summed E-state index contributed by atoms with van der Waals surface area (Å²) in [7, 11) is 0. The van der Waals surface area contributed by atoms with E-state index in [2.05, 4.69) is 76.6 Å². The van der Waals surface area contributed by atoms with Crippen LogP contribution in [0.1, 0.15) is 68.3 Å².